The van der Waals surface area contributed by atoms with Crippen LogP contribution in [0.15, 0.2) is 48.5 Å². The zero-order valence-electron chi connectivity index (χ0n) is 15.3. The second kappa shape index (κ2) is 7.84. The Balaban J connectivity index is 1.91. The van der Waals surface area contributed by atoms with Crippen molar-refractivity contribution in [2.24, 2.45) is 0 Å². The van der Waals surface area contributed by atoms with Gasteiger partial charge in [0.05, 0.1) is 18.4 Å². The lowest BCUT2D eigenvalue weighted by atomic mass is 10.2. The Morgan fingerprint density at radius 1 is 1.15 bits per heavy atom. The Hall–Kier alpha value is -2.79. The molecule has 0 aliphatic rings. The quantitative estimate of drug-likeness (QED) is 0.561. The molecule has 4 nitrogen and oxygen atoms in total. The average molecular weight is 388 g/mol. The number of benzene rings is 2. The number of halogens is 2. The molecule has 0 aliphatic carbocycles. The topological polar surface area (TPSA) is 40.5 Å². The minimum absolute atomic E-state index is 0.129. The molecule has 0 atom stereocenters. The Morgan fingerprint density at radius 3 is 2.59 bits per heavy atom. The van der Waals surface area contributed by atoms with Crippen molar-refractivity contribution < 1.29 is 18.7 Å². The van der Waals surface area contributed by atoms with Crippen molar-refractivity contribution >= 4 is 17.6 Å². The Bertz CT molecular complexity index is 997. The molecule has 140 valence electrons. The molecular formula is C21H19ClFNO3. The van der Waals surface area contributed by atoms with Gasteiger partial charge in [-0.25, -0.2) is 9.18 Å². The molecule has 0 bridgehead atoms. The van der Waals surface area contributed by atoms with Crippen LogP contribution in [0.2, 0.25) is 5.02 Å². The number of methoxy groups -OCH3 is 1. The van der Waals surface area contributed by atoms with Crippen molar-refractivity contribution in [2.45, 2.75) is 20.5 Å². The first-order valence-corrected chi connectivity index (χ1v) is 8.73. The molecule has 1 aromatic heterocycles. The van der Waals surface area contributed by atoms with E-state index in [1.807, 2.05) is 18.4 Å². The number of hydrogen-bond donors (Lipinski definition) is 0. The van der Waals surface area contributed by atoms with Crippen LogP contribution in [0.25, 0.3) is 5.69 Å². The smallest absolute Gasteiger partial charge is 0.340 e. The maximum Gasteiger partial charge on any atom is 0.340 e. The van der Waals surface area contributed by atoms with Gasteiger partial charge in [-0.15, -0.1) is 0 Å². The maximum absolute atomic E-state index is 13.7. The highest BCUT2D eigenvalue weighted by Gasteiger charge is 2.20. The van der Waals surface area contributed by atoms with Crippen molar-refractivity contribution in [2.75, 3.05) is 7.11 Å². The number of carbonyl (C=O) groups is 1. The largest absolute Gasteiger partial charge is 0.495 e. The van der Waals surface area contributed by atoms with Crippen LogP contribution in [0.4, 0.5) is 4.39 Å². The zero-order chi connectivity index (χ0) is 19.6. The average Bonchev–Trinajstić information content (AvgIpc) is 2.95. The van der Waals surface area contributed by atoms with E-state index in [4.69, 9.17) is 21.1 Å². The van der Waals surface area contributed by atoms with E-state index in [0.29, 0.717) is 27.6 Å². The van der Waals surface area contributed by atoms with E-state index >= 15 is 0 Å². The number of nitrogens with zero attached hydrogens (tertiary/aromatic N) is 1. The maximum atomic E-state index is 13.7. The van der Waals surface area contributed by atoms with E-state index in [9.17, 15) is 9.18 Å². The van der Waals surface area contributed by atoms with Gasteiger partial charge in [0.15, 0.2) is 0 Å². The molecule has 0 radical (unpaired) electrons. The third-order valence-corrected chi connectivity index (χ3v) is 4.58. The second-order valence-corrected chi connectivity index (χ2v) is 6.54. The van der Waals surface area contributed by atoms with Gasteiger partial charge in [0.25, 0.3) is 0 Å². The van der Waals surface area contributed by atoms with Gasteiger partial charge in [0.2, 0.25) is 0 Å². The minimum atomic E-state index is -0.515. The van der Waals surface area contributed by atoms with Gasteiger partial charge in [0, 0.05) is 22.0 Å². The number of rotatable bonds is 5. The number of aromatic nitrogens is 1. The number of aryl methyl sites for hydroxylation is 1. The molecule has 0 aliphatic heterocycles. The van der Waals surface area contributed by atoms with Crippen molar-refractivity contribution in [1.29, 1.82) is 0 Å². The lowest BCUT2D eigenvalue weighted by molar-refractivity contribution is 0.0468. The lowest BCUT2D eigenvalue weighted by Gasteiger charge is -2.14. The van der Waals surface area contributed by atoms with Crippen LogP contribution in [0.1, 0.15) is 27.3 Å². The molecule has 27 heavy (non-hydrogen) atoms. The Morgan fingerprint density at radius 2 is 1.89 bits per heavy atom. The van der Waals surface area contributed by atoms with Crippen LogP contribution in [-0.4, -0.2) is 17.6 Å². The molecule has 0 fully saturated rings. The Kier molecular flexibility index (Phi) is 5.51. The summed E-state index contributed by atoms with van der Waals surface area (Å²) in [7, 11) is 1.57. The molecule has 0 N–H and O–H groups in total. The van der Waals surface area contributed by atoms with Crippen LogP contribution >= 0.6 is 11.6 Å². The van der Waals surface area contributed by atoms with Crippen LogP contribution in [0, 0.1) is 19.7 Å². The summed E-state index contributed by atoms with van der Waals surface area (Å²) >= 11 is 6.13. The van der Waals surface area contributed by atoms with Crippen LogP contribution in [0.5, 0.6) is 5.75 Å². The molecule has 2 aromatic carbocycles. The van der Waals surface area contributed by atoms with E-state index < -0.39 is 11.8 Å². The molecule has 0 saturated carbocycles. The normalized spacial score (nSPS) is 10.7. The number of esters is 1. The van der Waals surface area contributed by atoms with Crippen LogP contribution in [-0.2, 0) is 11.3 Å². The van der Waals surface area contributed by atoms with Crippen LogP contribution < -0.4 is 4.74 Å². The highest BCUT2D eigenvalue weighted by Crippen LogP contribution is 2.31. The molecule has 3 rings (SSSR count). The van der Waals surface area contributed by atoms with E-state index in [1.54, 1.807) is 49.6 Å². The fraction of sp³-hybridized carbons (Fsp3) is 0.190. The summed E-state index contributed by atoms with van der Waals surface area (Å²) in [5, 5.41) is 0.557. The van der Waals surface area contributed by atoms with Gasteiger partial charge in [0.1, 0.15) is 18.2 Å². The van der Waals surface area contributed by atoms with Gasteiger partial charge in [-0.2, -0.15) is 0 Å². The predicted molar refractivity (Wildman–Crippen MR) is 102 cm³/mol. The predicted octanol–water partition coefficient (Wildman–Crippen LogP) is 5.25. The molecule has 0 saturated heterocycles. The first kappa shape index (κ1) is 19.0. The molecule has 6 heteroatoms. The third kappa shape index (κ3) is 3.83. The first-order valence-electron chi connectivity index (χ1n) is 8.35. The van der Waals surface area contributed by atoms with E-state index in [0.717, 1.165) is 11.4 Å². The van der Waals surface area contributed by atoms with Crippen molar-refractivity contribution in [3.05, 3.63) is 81.9 Å². The second-order valence-electron chi connectivity index (χ2n) is 6.10. The fourth-order valence-corrected chi connectivity index (χ4v) is 3.18. The van der Waals surface area contributed by atoms with Gasteiger partial charge in [-0.3, -0.25) is 0 Å². The first-order chi connectivity index (χ1) is 12.9. The summed E-state index contributed by atoms with van der Waals surface area (Å²) < 4.78 is 26.3. The molecule has 0 spiro atoms. The monoisotopic (exact) mass is 387 g/mol. The summed E-state index contributed by atoms with van der Waals surface area (Å²) in [5.41, 5.74) is 2.98. The summed E-state index contributed by atoms with van der Waals surface area (Å²) in [4.78, 5) is 12.6. The molecular weight excluding hydrogens is 369 g/mol. The Labute approximate surface area is 162 Å². The van der Waals surface area contributed by atoms with E-state index in [-0.39, 0.29) is 6.61 Å². The van der Waals surface area contributed by atoms with Crippen molar-refractivity contribution in [3.63, 3.8) is 0 Å². The van der Waals surface area contributed by atoms with Crippen molar-refractivity contribution in [3.8, 4) is 11.4 Å². The van der Waals surface area contributed by atoms with Gasteiger partial charge < -0.3 is 14.0 Å². The minimum Gasteiger partial charge on any atom is -0.495 e. The SMILES string of the molecule is COc1ccc(Cl)cc1-n1c(C)cc(C(=O)OCc2ccccc2F)c1C. The van der Waals surface area contributed by atoms with Crippen molar-refractivity contribution in [1.82, 2.24) is 4.57 Å². The molecule has 0 amide bonds. The molecule has 0 unspecified atom stereocenters. The standard InChI is InChI=1S/C21H19ClFNO3/c1-13-10-17(21(25)27-12-15-6-4-5-7-18(15)23)14(2)24(13)19-11-16(22)8-9-20(19)26-3/h4-11H,12H2,1-3H3. The highest BCUT2D eigenvalue weighted by molar-refractivity contribution is 6.30. The summed E-state index contributed by atoms with van der Waals surface area (Å²) in [5.74, 6) is -0.287. The molecule has 1 heterocycles. The van der Waals surface area contributed by atoms with Gasteiger partial charge in [-0.05, 0) is 44.2 Å². The number of hydrogen-bond acceptors (Lipinski definition) is 3. The highest BCUT2D eigenvalue weighted by atomic mass is 35.5. The van der Waals surface area contributed by atoms with Crippen LogP contribution in [0.3, 0.4) is 0 Å². The van der Waals surface area contributed by atoms with Gasteiger partial charge >= 0.3 is 5.97 Å². The fourth-order valence-electron chi connectivity index (χ4n) is 3.01. The van der Waals surface area contributed by atoms with E-state index in [2.05, 4.69) is 0 Å². The van der Waals surface area contributed by atoms with Gasteiger partial charge in [-0.1, -0.05) is 29.8 Å². The van der Waals surface area contributed by atoms with E-state index in [1.165, 1.54) is 6.07 Å². The molecule has 3 aromatic rings. The number of carbonyl (C=O) groups excluding carboxylic acids is 1. The third-order valence-electron chi connectivity index (χ3n) is 4.35. The summed E-state index contributed by atoms with van der Waals surface area (Å²) in [6.45, 7) is 3.56. The summed E-state index contributed by atoms with van der Waals surface area (Å²) in [6, 6.07) is 13.2. The lowest BCUT2D eigenvalue weighted by Crippen LogP contribution is -2.08. The zero-order valence-corrected chi connectivity index (χ0v) is 16.0. The summed E-state index contributed by atoms with van der Waals surface area (Å²) in [6.07, 6.45) is 0. The number of ether oxygens (including phenoxy) is 2.